The van der Waals surface area contributed by atoms with Crippen LogP contribution in [-0.2, 0) is 10.0 Å². The van der Waals surface area contributed by atoms with Gasteiger partial charge < -0.3 is 5.73 Å². The Morgan fingerprint density at radius 1 is 1.25 bits per heavy atom. The van der Waals surface area contributed by atoms with Crippen molar-refractivity contribution in [1.82, 2.24) is 4.31 Å². The highest BCUT2D eigenvalue weighted by Crippen LogP contribution is 2.23. The van der Waals surface area contributed by atoms with Gasteiger partial charge in [-0.25, -0.2) is 8.42 Å². The van der Waals surface area contributed by atoms with Crippen LogP contribution in [0.25, 0.3) is 0 Å². The van der Waals surface area contributed by atoms with Gasteiger partial charge in [0.05, 0.1) is 4.90 Å². The van der Waals surface area contributed by atoms with Crippen molar-refractivity contribution < 1.29 is 8.42 Å². The van der Waals surface area contributed by atoms with Crippen LogP contribution in [0.4, 0.5) is 0 Å². The van der Waals surface area contributed by atoms with Crippen LogP contribution >= 0.6 is 11.6 Å². The normalized spacial score (nSPS) is 12.9. The number of halogens is 1. The summed E-state index contributed by atoms with van der Waals surface area (Å²) in [6.07, 6.45) is 0.757. The summed E-state index contributed by atoms with van der Waals surface area (Å²) >= 11 is 5.81. The van der Waals surface area contributed by atoms with E-state index in [1.165, 1.54) is 16.4 Å². The average molecular weight is 319 g/mol. The van der Waals surface area contributed by atoms with Gasteiger partial charge in [0.15, 0.2) is 0 Å². The van der Waals surface area contributed by atoms with Crippen molar-refractivity contribution >= 4 is 21.6 Å². The van der Waals surface area contributed by atoms with E-state index in [0.29, 0.717) is 24.7 Å². The van der Waals surface area contributed by atoms with Gasteiger partial charge in [0.1, 0.15) is 0 Å². The fraction of sp³-hybridized carbons (Fsp3) is 0.571. The molecular formula is C14H23ClN2O2S. The first kappa shape index (κ1) is 17.4. The third-order valence-corrected chi connectivity index (χ3v) is 5.19. The molecule has 0 amide bonds. The van der Waals surface area contributed by atoms with Crippen LogP contribution in [0.5, 0.6) is 0 Å². The van der Waals surface area contributed by atoms with Crippen LogP contribution in [0.15, 0.2) is 29.2 Å². The number of benzene rings is 1. The highest BCUT2D eigenvalue weighted by Gasteiger charge is 2.29. The largest absolute Gasteiger partial charge is 0.330 e. The first-order valence-electron chi connectivity index (χ1n) is 6.69. The molecule has 114 valence electrons. The molecule has 6 heteroatoms. The van der Waals surface area contributed by atoms with Crippen molar-refractivity contribution in [3.05, 3.63) is 29.3 Å². The van der Waals surface area contributed by atoms with Crippen molar-refractivity contribution in [2.75, 3.05) is 19.6 Å². The quantitative estimate of drug-likeness (QED) is 0.840. The molecular weight excluding hydrogens is 296 g/mol. The topological polar surface area (TPSA) is 63.4 Å². The Morgan fingerprint density at radius 2 is 1.80 bits per heavy atom. The molecule has 0 bridgehead atoms. The summed E-state index contributed by atoms with van der Waals surface area (Å²) in [4.78, 5) is 0.267. The van der Waals surface area contributed by atoms with Crippen molar-refractivity contribution in [2.45, 2.75) is 32.1 Å². The molecule has 0 saturated carbocycles. The molecule has 1 aromatic rings. The van der Waals surface area contributed by atoms with Crippen molar-refractivity contribution in [3.8, 4) is 0 Å². The molecule has 0 unspecified atom stereocenters. The summed E-state index contributed by atoms with van der Waals surface area (Å²) in [5, 5.41) is 0.522. The zero-order chi connectivity index (χ0) is 15.4. The number of rotatable bonds is 7. The van der Waals surface area contributed by atoms with Gasteiger partial charge in [-0.1, -0.05) is 32.4 Å². The lowest BCUT2D eigenvalue weighted by atomic mass is 9.94. The molecule has 4 nitrogen and oxygen atoms in total. The van der Waals surface area contributed by atoms with Crippen LogP contribution in [-0.4, -0.2) is 32.4 Å². The van der Waals surface area contributed by atoms with E-state index in [1.807, 2.05) is 20.8 Å². The summed E-state index contributed by atoms with van der Waals surface area (Å²) in [7, 11) is -3.50. The van der Waals surface area contributed by atoms with Gasteiger partial charge in [-0.15, -0.1) is 0 Å². The van der Waals surface area contributed by atoms with Crippen molar-refractivity contribution in [3.63, 3.8) is 0 Å². The second kappa shape index (κ2) is 6.89. The number of sulfonamides is 1. The van der Waals surface area contributed by atoms with Crippen LogP contribution in [0.2, 0.25) is 5.02 Å². The highest BCUT2D eigenvalue weighted by molar-refractivity contribution is 7.89. The van der Waals surface area contributed by atoms with E-state index in [9.17, 15) is 8.42 Å². The Balaban J connectivity index is 3.09. The van der Waals surface area contributed by atoms with Gasteiger partial charge >= 0.3 is 0 Å². The summed E-state index contributed by atoms with van der Waals surface area (Å²) < 4.78 is 26.8. The second-order valence-electron chi connectivity index (χ2n) is 5.66. The van der Waals surface area contributed by atoms with Gasteiger partial charge in [-0.05, 0) is 42.6 Å². The average Bonchev–Trinajstić information content (AvgIpc) is 2.38. The van der Waals surface area contributed by atoms with Gasteiger partial charge in [-0.2, -0.15) is 4.31 Å². The first-order valence-corrected chi connectivity index (χ1v) is 8.50. The molecule has 0 radical (unpaired) electrons. The van der Waals surface area contributed by atoms with Gasteiger partial charge in [-0.3, -0.25) is 0 Å². The third kappa shape index (κ3) is 4.45. The molecule has 0 heterocycles. The molecule has 20 heavy (non-hydrogen) atoms. The monoisotopic (exact) mass is 318 g/mol. The smallest absolute Gasteiger partial charge is 0.243 e. The maximum absolute atomic E-state index is 12.7. The van der Waals surface area contributed by atoms with Crippen molar-refractivity contribution in [2.24, 2.45) is 11.1 Å². The molecule has 0 aromatic heterocycles. The minimum absolute atomic E-state index is 0.255. The summed E-state index contributed by atoms with van der Waals surface area (Å²) in [6.45, 7) is 7.21. The lowest BCUT2D eigenvalue weighted by Crippen LogP contribution is -2.42. The Bertz CT molecular complexity index is 527. The molecule has 0 aliphatic carbocycles. The van der Waals surface area contributed by atoms with E-state index in [0.717, 1.165) is 6.42 Å². The van der Waals surface area contributed by atoms with E-state index in [2.05, 4.69) is 0 Å². The Labute approximate surface area is 127 Å². The van der Waals surface area contributed by atoms with Crippen LogP contribution in [0.1, 0.15) is 27.2 Å². The standard InChI is InChI=1S/C14H23ClN2O2S/c1-4-9-17(11-14(2,3)10-16)20(18,19)13-7-5-12(15)6-8-13/h5-8H,4,9-11,16H2,1-3H3. The molecule has 1 rings (SSSR count). The van der Waals surface area contributed by atoms with E-state index in [4.69, 9.17) is 17.3 Å². The Hall–Kier alpha value is -0.620. The molecule has 0 aliphatic rings. The highest BCUT2D eigenvalue weighted by atomic mass is 35.5. The van der Waals surface area contributed by atoms with Gasteiger partial charge in [0.25, 0.3) is 0 Å². The predicted molar refractivity (Wildman–Crippen MR) is 83.3 cm³/mol. The number of hydrogen-bond donors (Lipinski definition) is 1. The number of nitrogens with zero attached hydrogens (tertiary/aromatic N) is 1. The van der Waals surface area contributed by atoms with Gasteiger partial charge in [0.2, 0.25) is 10.0 Å². The molecule has 0 aliphatic heterocycles. The molecule has 2 N–H and O–H groups in total. The number of hydrogen-bond acceptors (Lipinski definition) is 3. The van der Waals surface area contributed by atoms with Crippen LogP contribution < -0.4 is 5.73 Å². The zero-order valence-corrected chi connectivity index (χ0v) is 13.8. The van der Waals surface area contributed by atoms with Crippen molar-refractivity contribution in [1.29, 1.82) is 0 Å². The minimum atomic E-state index is -3.50. The summed E-state index contributed by atoms with van der Waals surface area (Å²) in [5.41, 5.74) is 5.46. The fourth-order valence-electron chi connectivity index (χ4n) is 1.83. The zero-order valence-electron chi connectivity index (χ0n) is 12.3. The Kier molecular flexibility index (Phi) is 6.01. The predicted octanol–water partition coefficient (Wildman–Crippen LogP) is 2.73. The maximum Gasteiger partial charge on any atom is 0.243 e. The summed E-state index contributed by atoms with van der Waals surface area (Å²) in [5.74, 6) is 0. The molecule has 0 spiro atoms. The van der Waals surface area contributed by atoms with E-state index >= 15 is 0 Å². The van der Waals surface area contributed by atoms with Crippen LogP contribution in [0, 0.1) is 5.41 Å². The third-order valence-electron chi connectivity index (χ3n) is 3.08. The van der Waals surface area contributed by atoms with E-state index in [1.54, 1.807) is 12.1 Å². The first-order chi connectivity index (χ1) is 9.23. The lowest BCUT2D eigenvalue weighted by Gasteiger charge is -2.31. The molecule has 0 fully saturated rings. The van der Waals surface area contributed by atoms with E-state index < -0.39 is 10.0 Å². The molecule has 0 atom stereocenters. The summed E-state index contributed by atoms with van der Waals surface area (Å²) in [6, 6.07) is 6.25. The second-order valence-corrected chi connectivity index (χ2v) is 8.04. The SMILES string of the molecule is CCCN(CC(C)(C)CN)S(=O)(=O)c1ccc(Cl)cc1. The van der Waals surface area contributed by atoms with E-state index in [-0.39, 0.29) is 10.3 Å². The Morgan fingerprint density at radius 3 is 2.25 bits per heavy atom. The fourth-order valence-corrected chi connectivity index (χ4v) is 3.68. The number of nitrogens with two attached hydrogens (primary N) is 1. The minimum Gasteiger partial charge on any atom is -0.330 e. The lowest BCUT2D eigenvalue weighted by molar-refractivity contribution is 0.266. The van der Waals surface area contributed by atoms with Crippen LogP contribution in [0.3, 0.4) is 0 Å². The van der Waals surface area contributed by atoms with Gasteiger partial charge in [0, 0.05) is 18.1 Å². The maximum atomic E-state index is 12.7. The molecule has 1 aromatic carbocycles. The molecule has 0 saturated heterocycles.